The monoisotopic (exact) mass is 1060 g/mol. The van der Waals surface area contributed by atoms with Crippen LogP contribution >= 0.6 is 0 Å². The molecule has 6 nitrogen and oxygen atoms in total. The van der Waals surface area contributed by atoms with Gasteiger partial charge in [0.25, 0.3) is 0 Å². The van der Waals surface area contributed by atoms with Crippen molar-refractivity contribution in [2.24, 2.45) is 0 Å². The Hall–Kier alpha value is -4.14. The second-order valence-electron chi connectivity index (χ2n) is 23.1. The van der Waals surface area contributed by atoms with E-state index in [0.29, 0.717) is 30.2 Å². The minimum atomic E-state index is 0.455. The zero-order valence-corrected chi connectivity index (χ0v) is 51.9. The van der Waals surface area contributed by atoms with E-state index in [1.807, 2.05) is 30.4 Å². The molecule has 4 heterocycles. The number of piperazine rings is 1. The van der Waals surface area contributed by atoms with E-state index in [1.54, 1.807) is 0 Å². The first kappa shape index (κ1) is 72.9. The van der Waals surface area contributed by atoms with Crippen LogP contribution in [0.4, 0.5) is 0 Å². The average Bonchev–Trinajstić information content (AvgIpc) is 3.94. The Morgan fingerprint density at radius 3 is 0.766 bits per heavy atom. The number of likely N-dealkylation sites (tertiary alicyclic amines) is 3. The lowest BCUT2D eigenvalue weighted by Crippen LogP contribution is -2.49. The fourth-order valence-electron chi connectivity index (χ4n) is 10.7. The SMILES string of the molecule is C=CC(=C)CCC(C(=C)C)N(C)C.C=CC(=C)CCC(C(=C)C)N1CCCC1.C=CC(=C)CCC(C(=C)C)N1CCCCC1.C=CC(=C)CCC(C(=C)C)N1CCCCC1.C=CC(=C)CCC(C(=C)C)N1CCN(C)CC1. The predicted octanol–water partition coefficient (Wildman–Crippen LogP) is 17.1. The highest BCUT2D eigenvalue weighted by atomic mass is 15.3. The molecular weight excluding hydrogens is 937 g/mol. The summed E-state index contributed by atoms with van der Waals surface area (Å²) in [5, 5.41) is 0. The number of hydrogen-bond donors (Lipinski definition) is 0. The standard InChI is InChI=1S/C15H26N2.2C15H25N.C14H23N.C12H21N/c1-6-14(4)7-8-15(13(2)3)17-11-9-16(5)10-12-17;2*1-5-14(4)9-10-15(13(2)3)16-11-7-6-8-12-16;1-5-13(4)8-9-14(12(2)3)15-10-6-7-11-15;1-7-11(4)8-9-12(10(2)3)13(5)6/h6,15H,1-2,4,7-12H2,3,5H3;2*5,15H,1-2,4,6-12H2,3H3;5,14H,1-2,4,6-11H2,3H3;7,12H,1-2,4,8-9H2,3,5-6H3. The van der Waals surface area contributed by atoms with E-state index in [2.05, 4.69) is 184 Å². The molecular formula is C71H120N6. The molecule has 5 atom stereocenters. The Bertz CT molecular complexity index is 1820. The van der Waals surface area contributed by atoms with Crippen LogP contribution in [0.3, 0.4) is 0 Å². The molecule has 0 aromatic heterocycles. The van der Waals surface area contributed by atoms with Crippen LogP contribution < -0.4 is 0 Å². The van der Waals surface area contributed by atoms with Gasteiger partial charge in [0.1, 0.15) is 0 Å². The fourth-order valence-corrected chi connectivity index (χ4v) is 10.7. The van der Waals surface area contributed by atoms with Crippen molar-refractivity contribution in [1.29, 1.82) is 0 Å². The van der Waals surface area contributed by atoms with Crippen molar-refractivity contribution in [3.63, 3.8) is 0 Å². The van der Waals surface area contributed by atoms with Gasteiger partial charge in [0.15, 0.2) is 0 Å². The van der Waals surface area contributed by atoms with Gasteiger partial charge in [-0.3, -0.25) is 19.6 Å². The molecule has 0 bridgehead atoms. The molecule has 0 radical (unpaired) electrons. The van der Waals surface area contributed by atoms with E-state index >= 15 is 0 Å². The number of allylic oxidation sites excluding steroid dienone is 10. The number of nitrogens with zero attached hydrogens (tertiary/aromatic N) is 6. The molecule has 4 saturated heterocycles. The Kier molecular flexibility index (Phi) is 40.5. The van der Waals surface area contributed by atoms with E-state index in [0.717, 1.165) is 118 Å². The van der Waals surface area contributed by atoms with Crippen molar-refractivity contribution in [2.75, 3.05) is 86.6 Å². The molecule has 434 valence electrons. The number of hydrogen-bond acceptors (Lipinski definition) is 6. The maximum atomic E-state index is 4.14. The summed E-state index contributed by atoms with van der Waals surface area (Å²) in [6.07, 6.45) is 30.8. The summed E-state index contributed by atoms with van der Waals surface area (Å²) >= 11 is 0. The zero-order chi connectivity index (χ0) is 58.5. The maximum Gasteiger partial charge on any atom is 0.0306 e. The normalized spacial score (nSPS) is 18.1. The summed E-state index contributed by atoms with van der Waals surface area (Å²) in [6, 6.07) is 2.58. The molecule has 4 aliphatic heterocycles. The van der Waals surface area contributed by atoms with Crippen molar-refractivity contribution in [3.8, 4) is 0 Å². The molecule has 0 saturated carbocycles. The van der Waals surface area contributed by atoms with Crippen LogP contribution in [0.5, 0.6) is 0 Å². The highest BCUT2D eigenvalue weighted by molar-refractivity contribution is 5.17. The first-order chi connectivity index (χ1) is 36.5. The van der Waals surface area contributed by atoms with Gasteiger partial charge in [-0.25, -0.2) is 0 Å². The molecule has 0 aromatic rings. The van der Waals surface area contributed by atoms with Crippen LogP contribution in [0.15, 0.2) is 185 Å². The molecule has 4 rings (SSSR count). The largest absolute Gasteiger partial charge is 0.304 e. The highest BCUT2D eigenvalue weighted by Gasteiger charge is 2.25. The van der Waals surface area contributed by atoms with Gasteiger partial charge in [0.05, 0.1) is 0 Å². The maximum absolute atomic E-state index is 4.14. The summed E-state index contributed by atoms with van der Waals surface area (Å²) in [6.45, 7) is 81.7. The third-order valence-corrected chi connectivity index (χ3v) is 15.8. The lowest BCUT2D eigenvalue weighted by atomic mass is 9.97. The van der Waals surface area contributed by atoms with Crippen LogP contribution in [0.1, 0.15) is 150 Å². The lowest BCUT2D eigenvalue weighted by molar-refractivity contribution is 0.122. The van der Waals surface area contributed by atoms with E-state index in [4.69, 9.17) is 0 Å². The van der Waals surface area contributed by atoms with Gasteiger partial charge in [0.2, 0.25) is 0 Å². The summed E-state index contributed by atoms with van der Waals surface area (Å²) < 4.78 is 0. The van der Waals surface area contributed by atoms with Crippen molar-refractivity contribution in [1.82, 2.24) is 29.4 Å². The van der Waals surface area contributed by atoms with E-state index in [9.17, 15) is 0 Å². The summed E-state index contributed by atoms with van der Waals surface area (Å²) in [5.74, 6) is 0. The number of likely N-dealkylation sites (N-methyl/N-ethyl adjacent to an activating group) is 2. The molecule has 4 aliphatic rings. The van der Waals surface area contributed by atoms with Crippen LogP contribution in [0.25, 0.3) is 0 Å². The molecule has 0 aromatic carbocycles. The van der Waals surface area contributed by atoms with Crippen molar-refractivity contribution in [3.05, 3.63) is 185 Å². The van der Waals surface area contributed by atoms with Gasteiger partial charge in [-0.2, -0.15) is 0 Å². The molecule has 5 unspecified atom stereocenters. The van der Waals surface area contributed by atoms with Gasteiger partial charge in [-0.05, 0) is 198 Å². The number of piperidine rings is 2. The zero-order valence-electron chi connectivity index (χ0n) is 51.9. The first-order valence-electron chi connectivity index (χ1n) is 29.6. The van der Waals surface area contributed by atoms with Crippen LogP contribution in [0, 0.1) is 0 Å². The lowest BCUT2D eigenvalue weighted by Gasteiger charge is -2.38. The average molecular weight is 1060 g/mol. The predicted molar refractivity (Wildman–Crippen MR) is 350 cm³/mol. The smallest absolute Gasteiger partial charge is 0.0306 e. The van der Waals surface area contributed by atoms with Crippen LogP contribution in [0.2, 0.25) is 0 Å². The quantitative estimate of drug-likeness (QED) is 0.0524. The Balaban J connectivity index is 0.000000940. The molecule has 0 aliphatic carbocycles. The molecule has 6 heteroatoms. The van der Waals surface area contributed by atoms with Gasteiger partial charge in [0, 0.05) is 56.4 Å². The van der Waals surface area contributed by atoms with E-state index in [1.165, 1.54) is 119 Å². The van der Waals surface area contributed by atoms with Crippen LogP contribution in [-0.4, -0.2) is 146 Å². The molecule has 77 heavy (non-hydrogen) atoms. The van der Waals surface area contributed by atoms with Crippen molar-refractivity contribution >= 4 is 0 Å². The highest BCUT2D eigenvalue weighted by Crippen LogP contribution is 2.25. The Labute approximate surface area is 479 Å². The molecule has 0 amide bonds. The van der Waals surface area contributed by atoms with Gasteiger partial charge >= 0.3 is 0 Å². The first-order valence-corrected chi connectivity index (χ1v) is 29.6. The number of rotatable bonds is 30. The minimum Gasteiger partial charge on any atom is -0.304 e. The molecule has 0 spiro atoms. The molecule has 0 N–H and O–H groups in total. The second kappa shape index (κ2) is 42.8. The minimum absolute atomic E-state index is 0.455. The summed E-state index contributed by atoms with van der Waals surface area (Å²) in [7, 11) is 6.35. The van der Waals surface area contributed by atoms with Crippen molar-refractivity contribution < 1.29 is 0 Å². The third-order valence-electron chi connectivity index (χ3n) is 15.8. The van der Waals surface area contributed by atoms with Gasteiger partial charge in [-0.15, -0.1) is 0 Å². The summed E-state index contributed by atoms with van der Waals surface area (Å²) in [5.41, 5.74) is 12.0. The third kappa shape index (κ3) is 32.5. The van der Waals surface area contributed by atoms with Crippen LogP contribution in [-0.2, 0) is 0 Å². The topological polar surface area (TPSA) is 19.4 Å². The van der Waals surface area contributed by atoms with Gasteiger partial charge in [-0.1, -0.05) is 198 Å². The van der Waals surface area contributed by atoms with E-state index < -0.39 is 0 Å². The summed E-state index contributed by atoms with van der Waals surface area (Å²) in [4.78, 5) is 14.9. The molecule has 4 fully saturated rings. The second-order valence-corrected chi connectivity index (χ2v) is 23.1. The fraction of sp³-hybridized carbons (Fsp3) is 0.577. The Morgan fingerprint density at radius 1 is 0.338 bits per heavy atom. The van der Waals surface area contributed by atoms with E-state index in [-0.39, 0.29) is 0 Å². The van der Waals surface area contributed by atoms with Crippen molar-refractivity contribution in [2.45, 2.75) is 180 Å². The Morgan fingerprint density at radius 2 is 0.558 bits per heavy atom. The van der Waals surface area contributed by atoms with Gasteiger partial charge < -0.3 is 9.80 Å².